The molecule has 0 aromatic rings. The summed E-state index contributed by atoms with van der Waals surface area (Å²) in [5.74, 6) is 0.747. The van der Waals surface area contributed by atoms with Crippen LogP contribution in [0.3, 0.4) is 0 Å². The van der Waals surface area contributed by atoms with E-state index in [1.54, 1.807) is 0 Å². The van der Waals surface area contributed by atoms with Crippen LogP contribution in [-0.4, -0.2) is 29.9 Å². The molecule has 3 heteroatoms. The fourth-order valence-corrected chi connectivity index (χ4v) is 1.77. The van der Waals surface area contributed by atoms with Crippen LogP contribution in [0, 0.1) is 5.92 Å². The molecule has 2 atom stereocenters. The van der Waals surface area contributed by atoms with Crippen LogP contribution >= 0.6 is 0 Å². The maximum absolute atomic E-state index is 12.2. The van der Waals surface area contributed by atoms with E-state index in [9.17, 15) is 4.79 Å². The Balaban J connectivity index is 4.21. The Morgan fingerprint density at radius 1 is 1.29 bits per heavy atom. The van der Waals surface area contributed by atoms with Gasteiger partial charge >= 0.3 is 0 Å². The van der Waals surface area contributed by atoms with Crippen LogP contribution in [0.1, 0.15) is 59.8 Å². The van der Waals surface area contributed by atoms with Crippen molar-refractivity contribution in [2.75, 3.05) is 13.1 Å². The molecule has 1 amide bonds. The lowest BCUT2D eigenvalue weighted by atomic mass is 10.0. The third-order valence-corrected chi connectivity index (χ3v) is 3.45. The molecule has 0 spiro atoms. The highest BCUT2D eigenvalue weighted by molar-refractivity contribution is 5.76. The first-order valence-electron chi connectivity index (χ1n) is 7.06. The standard InChI is InChI=1S/C14H30N2O/c1-5-7-10-16(13(4)6-2)14(17)9-8-12(3)11-15/h12-13H,5-11,15H2,1-4H3. The quantitative estimate of drug-likeness (QED) is 0.676. The zero-order chi connectivity index (χ0) is 13.3. The summed E-state index contributed by atoms with van der Waals surface area (Å²) in [6.45, 7) is 10.1. The van der Waals surface area contributed by atoms with Crippen molar-refractivity contribution in [3.63, 3.8) is 0 Å². The van der Waals surface area contributed by atoms with E-state index in [1.807, 2.05) is 4.90 Å². The average molecular weight is 242 g/mol. The number of carbonyl (C=O) groups excluding carboxylic acids is 1. The minimum Gasteiger partial charge on any atom is -0.340 e. The molecule has 0 bridgehead atoms. The molecule has 0 aliphatic rings. The lowest BCUT2D eigenvalue weighted by molar-refractivity contribution is -0.133. The van der Waals surface area contributed by atoms with E-state index in [4.69, 9.17) is 5.73 Å². The summed E-state index contributed by atoms with van der Waals surface area (Å²) >= 11 is 0. The summed E-state index contributed by atoms with van der Waals surface area (Å²) in [5, 5.41) is 0. The number of nitrogens with zero attached hydrogens (tertiary/aromatic N) is 1. The smallest absolute Gasteiger partial charge is 0.222 e. The van der Waals surface area contributed by atoms with E-state index in [-0.39, 0.29) is 0 Å². The Kier molecular flexibility index (Phi) is 9.14. The van der Waals surface area contributed by atoms with Crippen LogP contribution < -0.4 is 5.73 Å². The molecule has 2 unspecified atom stereocenters. The first-order chi connectivity index (χ1) is 8.06. The van der Waals surface area contributed by atoms with Crippen LogP contribution in [0.15, 0.2) is 0 Å². The lowest BCUT2D eigenvalue weighted by Crippen LogP contribution is -2.39. The fourth-order valence-electron chi connectivity index (χ4n) is 1.77. The van der Waals surface area contributed by atoms with Gasteiger partial charge in [0.05, 0.1) is 0 Å². The van der Waals surface area contributed by atoms with Gasteiger partial charge in [-0.15, -0.1) is 0 Å². The van der Waals surface area contributed by atoms with Crippen molar-refractivity contribution in [1.29, 1.82) is 0 Å². The fraction of sp³-hybridized carbons (Fsp3) is 0.929. The van der Waals surface area contributed by atoms with Crippen LogP contribution in [0.4, 0.5) is 0 Å². The summed E-state index contributed by atoms with van der Waals surface area (Å²) in [6.07, 6.45) is 4.82. The molecule has 0 aliphatic heterocycles. The molecule has 0 fully saturated rings. The third kappa shape index (κ3) is 6.67. The van der Waals surface area contributed by atoms with Crippen molar-refractivity contribution in [1.82, 2.24) is 4.90 Å². The number of hydrogen-bond donors (Lipinski definition) is 1. The molecule has 102 valence electrons. The second-order valence-electron chi connectivity index (χ2n) is 5.08. The maximum Gasteiger partial charge on any atom is 0.222 e. The van der Waals surface area contributed by atoms with Gasteiger partial charge in [-0.2, -0.15) is 0 Å². The van der Waals surface area contributed by atoms with Gasteiger partial charge in [-0.3, -0.25) is 4.79 Å². The SMILES string of the molecule is CCCCN(C(=O)CCC(C)CN)C(C)CC. The van der Waals surface area contributed by atoms with Crippen molar-refractivity contribution >= 4 is 5.91 Å². The van der Waals surface area contributed by atoms with Crippen LogP contribution in [0.5, 0.6) is 0 Å². The minimum absolute atomic E-state index is 0.299. The molecule has 0 saturated heterocycles. The molecule has 3 nitrogen and oxygen atoms in total. The number of unbranched alkanes of at least 4 members (excludes halogenated alkanes) is 1. The van der Waals surface area contributed by atoms with Gasteiger partial charge in [0.25, 0.3) is 0 Å². The van der Waals surface area contributed by atoms with Gasteiger partial charge in [0.1, 0.15) is 0 Å². The van der Waals surface area contributed by atoms with Crippen LogP contribution in [0.25, 0.3) is 0 Å². The van der Waals surface area contributed by atoms with Crippen molar-refractivity contribution < 1.29 is 4.79 Å². The second-order valence-corrected chi connectivity index (χ2v) is 5.08. The Hall–Kier alpha value is -0.570. The van der Waals surface area contributed by atoms with Gasteiger partial charge in [-0.25, -0.2) is 0 Å². The molecule has 17 heavy (non-hydrogen) atoms. The van der Waals surface area contributed by atoms with Crippen molar-refractivity contribution in [2.45, 2.75) is 65.8 Å². The zero-order valence-corrected chi connectivity index (χ0v) is 12.0. The molecular formula is C14H30N2O. The Labute approximate surface area is 107 Å². The Bertz CT molecular complexity index is 206. The monoisotopic (exact) mass is 242 g/mol. The van der Waals surface area contributed by atoms with Gasteiger partial charge < -0.3 is 10.6 Å². The molecule has 2 N–H and O–H groups in total. The molecule has 0 rings (SSSR count). The van der Waals surface area contributed by atoms with E-state index in [0.29, 0.717) is 30.8 Å². The normalized spacial score (nSPS) is 14.4. The second kappa shape index (κ2) is 9.46. The van der Waals surface area contributed by atoms with Gasteiger partial charge in [0.2, 0.25) is 5.91 Å². The van der Waals surface area contributed by atoms with E-state index in [1.165, 1.54) is 0 Å². The van der Waals surface area contributed by atoms with Crippen molar-refractivity contribution in [3.05, 3.63) is 0 Å². The molecule has 0 aromatic heterocycles. The van der Waals surface area contributed by atoms with E-state index >= 15 is 0 Å². The first-order valence-corrected chi connectivity index (χ1v) is 7.06. The number of rotatable bonds is 9. The van der Waals surface area contributed by atoms with E-state index in [0.717, 1.165) is 32.2 Å². The van der Waals surface area contributed by atoms with Crippen LogP contribution in [-0.2, 0) is 4.79 Å². The first kappa shape index (κ1) is 16.4. The molecule has 0 radical (unpaired) electrons. The molecule has 0 aliphatic carbocycles. The van der Waals surface area contributed by atoms with E-state index < -0.39 is 0 Å². The van der Waals surface area contributed by atoms with Gasteiger partial charge in [0.15, 0.2) is 0 Å². The maximum atomic E-state index is 12.2. The highest BCUT2D eigenvalue weighted by Gasteiger charge is 2.18. The van der Waals surface area contributed by atoms with Crippen LogP contribution in [0.2, 0.25) is 0 Å². The van der Waals surface area contributed by atoms with Gasteiger partial charge in [-0.1, -0.05) is 27.2 Å². The molecule has 0 aromatic carbocycles. The Morgan fingerprint density at radius 3 is 2.41 bits per heavy atom. The summed E-state index contributed by atoms with van der Waals surface area (Å²) < 4.78 is 0. The molecular weight excluding hydrogens is 212 g/mol. The summed E-state index contributed by atoms with van der Waals surface area (Å²) in [5.41, 5.74) is 5.58. The zero-order valence-electron chi connectivity index (χ0n) is 12.0. The van der Waals surface area contributed by atoms with Crippen molar-refractivity contribution in [2.24, 2.45) is 11.7 Å². The number of hydrogen-bond acceptors (Lipinski definition) is 2. The minimum atomic E-state index is 0.299. The molecule has 0 heterocycles. The molecule has 0 saturated carbocycles. The van der Waals surface area contributed by atoms with Crippen molar-refractivity contribution in [3.8, 4) is 0 Å². The summed E-state index contributed by atoms with van der Waals surface area (Å²) in [4.78, 5) is 14.2. The number of nitrogens with two attached hydrogens (primary N) is 1. The highest BCUT2D eigenvalue weighted by atomic mass is 16.2. The number of amides is 1. The Morgan fingerprint density at radius 2 is 1.94 bits per heavy atom. The summed E-state index contributed by atoms with van der Waals surface area (Å²) in [6, 6.07) is 0.363. The van der Waals surface area contributed by atoms with Gasteiger partial charge in [0, 0.05) is 19.0 Å². The predicted molar refractivity (Wildman–Crippen MR) is 73.8 cm³/mol. The predicted octanol–water partition coefficient (Wildman–Crippen LogP) is 2.79. The topological polar surface area (TPSA) is 46.3 Å². The average Bonchev–Trinajstić information content (AvgIpc) is 2.35. The number of carbonyl (C=O) groups is 1. The third-order valence-electron chi connectivity index (χ3n) is 3.45. The summed E-state index contributed by atoms with van der Waals surface area (Å²) in [7, 11) is 0. The van der Waals surface area contributed by atoms with E-state index in [2.05, 4.69) is 27.7 Å². The van der Waals surface area contributed by atoms with Gasteiger partial charge in [-0.05, 0) is 38.6 Å². The lowest BCUT2D eigenvalue weighted by Gasteiger charge is -2.29. The largest absolute Gasteiger partial charge is 0.340 e. The highest BCUT2D eigenvalue weighted by Crippen LogP contribution is 2.11.